The first-order chi connectivity index (χ1) is 9.65. The topological polar surface area (TPSA) is 63.8 Å². The van der Waals surface area contributed by atoms with Gasteiger partial charge < -0.3 is 9.15 Å². The van der Waals surface area contributed by atoms with Gasteiger partial charge in [0.15, 0.2) is 6.10 Å². The number of amides is 1. The summed E-state index contributed by atoms with van der Waals surface area (Å²) in [6.07, 6.45) is 2.26. The molecule has 5 nitrogen and oxygen atoms in total. The molecule has 0 saturated carbocycles. The molecule has 0 aliphatic heterocycles. The summed E-state index contributed by atoms with van der Waals surface area (Å²) in [6.45, 7) is 1.63. The fourth-order valence-corrected chi connectivity index (χ4v) is 1.51. The summed E-state index contributed by atoms with van der Waals surface area (Å²) in [7, 11) is 0. The third kappa shape index (κ3) is 4.13. The fraction of sp³-hybridized carbons (Fsp3) is 0.143. The highest BCUT2D eigenvalue weighted by atomic mass is 35.5. The standard InChI is InChI=1S/C14H13ClN2O3/c1-10(20-12-6-4-11(15)5-7-12)14(18)17-16-9-13-3-2-8-19-13/h2-10H,1H3,(H,17,18)/b16-9+. The van der Waals surface area contributed by atoms with E-state index in [1.54, 1.807) is 43.3 Å². The lowest BCUT2D eigenvalue weighted by Gasteiger charge is -2.12. The first kappa shape index (κ1) is 14.1. The lowest BCUT2D eigenvalue weighted by atomic mass is 10.3. The highest BCUT2D eigenvalue weighted by Crippen LogP contribution is 2.16. The van der Waals surface area contributed by atoms with Crippen molar-refractivity contribution in [3.05, 3.63) is 53.4 Å². The molecule has 1 amide bonds. The molecule has 0 radical (unpaired) electrons. The second-order valence-electron chi connectivity index (χ2n) is 3.96. The van der Waals surface area contributed by atoms with Gasteiger partial charge >= 0.3 is 0 Å². The third-order valence-corrected chi connectivity index (χ3v) is 2.66. The van der Waals surface area contributed by atoms with Gasteiger partial charge in [0.25, 0.3) is 5.91 Å². The predicted molar refractivity (Wildman–Crippen MR) is 76.0 cm³/mol. The summed E-state index contributed by atoms with van der Waals surface area (Å²) in [4.78, 5) is 11.7. The number of hydrogen-bond acceptors (Lipinski definition) is 4. The summed E-state index contributed by atoms with van der Waals surface area (Å²) < 4.78 is 10.5. The first-order valence-electron chi connectivity index (χ1n) is 5.94. The molecule has 2 rings (SSSR count). The van der Waals surface area contributed by atoms with Crippen molar-refractivity contribution in [3.8, 4) is 5.75 Å². The molecule has 0 fully saturated rings. The number of carbonyl (C=O) groups excluding carboxylic acids is 1. The Morgan fingerprint density at radius 3 is 2.80 bits per heavy atom. The minimum Gasteiger partial charge on any atom is -0.481 e. The molecule has 1 heterocycles. The minimum atomic E-state index is -0.676. The molecule has 1 unspecified atom stereocenters. The highest BCUT2D eigenvalue weighted by molar-refractivity contribution is 6.30. The van der Waals surface area contributed by atoms with Crippen molar-refractivity contribution in [3.63, 3.8) is 0 Å². The second-order valence-corrected chi connectivity index (χ2v) is 4.40. The van der Waals surface area contributed by atoms with E-state index in [0.29, 0.717) is 16.5 Å². The Labute approximate surface area is 121 Å². The van der Waals surface area contributed by atoms with Crippen LogP contribution in [0, 0.1) is 0 Å². The Morgan fingerprint density at radius 1 is 1.40 bits per heavy atom. The van der Waals surface area contributed by atoms with Gasteiger partial charge in [0, 0.05) is 5.02 Å². The summed E-state index contributed by atoms with van der Waals surface area (Å²) >= 11 is 5.77. The number of benzene rings is 1. The molecule has 1 aromatic heterocycles. The maximum absolute atomic E-state index is 11.7. The van der Waals surface area contributed by atoms with Crippen LogP contribution in [0.4, 0.5) is 0 Å². The van der Waals surface area contributed by atoms with Gasteiger partial charge in [0.1, 0.15) is 11.5 Å². The van der Waals surface area contributed by atoms with Gasteiger partial charge in [-0.25, -0.2) is 5.43 Å². The van der Waals surface area contributed by atoms with E-state index < -0.39 is 6.10 Å². The molecule has 20 heavy (non-hydrogen) atoms. The number of halogens is 1. The number of nitrogens with zero attached hydrogens (tertiary/aromatic N) is 1. The van der Waals surface area contributed by atoms with E-state index in [0.717, 1.165) is 0 Å². The summed E-state index contributed by atoms with van der Waals surface area (Å²) in [5, 5.41) is 4.38. The fourth-order valence-electron chi connectivity index (χ4n) is 1.39. The summed E-state index contributed by atoms with van der Waals surface area (Å²) in [6, 6.07) is 10.2. The second kappa shape index (κ2) is 6.77. The van der Waals surface area contributed by atoms with Crippen molar-refractivity contribution in [2.45, 2.75) is 13.0 Å². The zero-order valence-corrected chi connectivity index (χ0v) is 11.5. The van der Waals surface area contributed by atoms with Gasteiger partial charge in [-0.2, -0.15) is 5.10 Å². The monoisotopic (exact) mass is 292 g/mol. The van der Waals surface area contributed by atoms with Crippen molar-refractivity contribution in [2.75, 3.05) is 0 Å². The highest BCUT2D eigenvalue weighted by Gasteiger charge is 2.13. The van der Waals surface area contributed by atoms with Crippen molar-refractivity contribution >= 4 is 23.7 Å². The molecule has 0 aliphatic rings. The zero-order valence-electron chi connectivity index (χ0n) is 10.7. The van der Waals surface area contributed by atoms with E-state index in [2.05, 4.69) is 10.5 Å². The number of furan rings is 1. The van der Waals surface area contributed by atoms with Gasteiger partial charge in [-0.05, 0) is 43.3 Å². The Balaban J connectivity index is 1.84. The molecule has 0 bridgehead atoms. The number of hydrazone groups is 1. The van der Waals surface area contributed by atoms with Crippen LogP contribution in [-0.2, 0) is 4.79 Å². The molecule has 104 valence electrons. The van der Waals surface area contributed by atoms with Crippen LogP contribution in [0.2, 0.25) is 5.02 Å². The van der Waals surface area contributed by atoms with E-state index in [1.807, 2.05) is 0 Å². The average molecular weight is 293 g/mol. The molecule has 6 heteroatoms. The summed E-state index contributed by atoms with van der Waals surface area (Å²) in [5.74, 6) is 0.756. The van der Waals surface area contributed by atoms with Crippen molar-refractivity contribution in [1.82, 2.24) is 5.43 Å². The first-order valence-corrected chi connectivity index (χ1v) is 6.31. The Hall–Kier alpha value is -2.27. The van der Waals surface area contributed by atoms with E-state index >= 15 is 0 Å². The average Bonchev–Trinajstić information content (AvgIpc) is 2.94. The van der Waals surface area contributed by atoms with Crippen LogP contribution in [0.3, 0.4) is 0 Å². The lowest BCUT2D eigenvalue weighted by molar-refractivity contribution is -0.127. The molecule has 2 aromatic rings. The number of nitrogens with one attached hydrogen (secondary N) is 1. The Bertz CT molecular complexity index is 579. The van der Waals surface area contributed by atoms with Gasteiger partial charge in [-0.1, -0.05) is 11.6 Å². The number of ether oxygens (including phenoxy) is 1. The van der Waals surface area contributed by atoms with Crippen LogP contribution >= 0.6 is 11.6 Å². The molecule has 0 spiro atoms. The molecule has 1 aromatic carbocycles. The lowest BCUT2D eigenvalue weighted by Crippen LogP contribution is -2.33. The van der Waals surface area contributed by atoms with E-state index in [4.69, 9.17) is 20.8 Å². The van der Waals surface area contributed by atoms with Crippen LogP contribution in [0.25, 0.3) is 0 Å². The van der Waals surface area contributed by atoms with Gasteiger partial charge in [0.05, 0.1) is 12.5 Å². The van der Waals surface area contributed by atoms with Crippen molar-refractivity contribution < 1.29 is 13.9 Å². The van der Waals surface area contributed by atoms with E-state index in [1.165, 1.54) is 12.5 Å². The zero-order chi connectivity index (χ0) is 14.4. The van der Waals surface area contributed by atoms with Gasteiger partial charge in [-0.15, -0.1) is 0 Å². The van der Waals surface area contributed by atoms with Crippen LogP contribution in [-0.4, -0.2) is 18.2 Å². The van der Waals surface area contributed by atoms with Crippen molar-refractivity contribution in [1.29, 1.82) is 0 Å². The Kier molecular flexibility index (Phi) is 4.79. The number of carbonyl (C=O) groups is 1. The third-order valence-electron chi connectivity index (χ3n) is 2.41. The smallest absolute Gasteiger partial charge is 0.280 e. The van der Waals surface area contributed by atoms with Crippen LogP contribution in [0.1, 0.15) is 12.7 Å². The largest absolute Gasteiger partial charge is 0.481 e. The normalized spacial score (nSPS) is 12.3. The quantitative estimate of drug-likeness (QED) is 0.681. The molecular weight excluding hydrogens is 280 g/mol. The Morgan fingerprint density at radius 2 is 2.15 bits per heavy atom. The number of rotatable bonds is 5. The van der Waals surface area contributed by atoms with E-state index in [-0.39, 0.29) is 5.91 Å². The number of hydrogen-bond donors (Lipinski definition) is 1. The predicted octanol–water partition coefficient (Wildman–Crippen LogP) is 2.85. The molecule has 1 N–H and O–H groups in total. The summed E-state index contributed by atoms with van der Waals surface area (Å²) in [5.41, 5.74) is 2.37. The van der Waals surface area contributed by atoms with Crippen LogP contribution in [0.5, 0.6) is 5.75 Å². The molecule has 1 atom stereocenters. The molecule has 0 aliphatic carbocycles. The SMILES string of the molecule is CC(Oc1ccc(Cl)cc1)C(=O)N/N=C/c1ccco1. The molecule has 0 saturated heterocycles. The van der Waals surface area contributed by atoms with Gasteiger partial charge in [0.2, 0.25) is 0 Å². The van der Waals surface area contributed by atoms with Crippen LogP contribution in [0.15, 0.2) is 52.2 Å². The van der Waals surface area contributed by atoms with Crippen molar-refractivity contribution in [2.24, 2.45) is 5.10 Å². The maximum Gasteiger partial charge on any atom is 0.280 e. The minimum absolute atomic E-state index is 0.359. The molecular formula is C14H13ClN2O3. The van der Waals surface area contributed by atoms with Gasteiger partial charge in [-0.3, -0.25) is 4.79 Å². The van der Waals surface area contributed by atoms with E-state index in [9.17, 15) is 4.79 Å². The maximum atomic E-state index is 11.7. The van der Waals surface area contributed by atoms with Crippen LogP contribution < -0.4 is 10.2 Å².